The van der Waals surface area contributed by atoms with Gasteiger partial charge in [-0.3, -0.25) is 0 Å². The first kappa shape index (κ1) is 5.03. The lowest BCUT2D eigenvalue weighted by molar-refractivity contribution is 0.0706. The van der Waals surface area contributed by atoms with E-state index in [0.717, 1.165) is 0 Å². The van der Waals surface area contributed by atoms with Gasteiger partial charge in [-0.05, 0) is 0 Å². The smallest absolute Gasteiger partial charge is 0.109 e. The first-order valence-electron chi connectivity index (χ1n) is 2.25. The van der Waals surface area contributed by atoms with Crippen LogP contribution in [-0.2, 0) is 4.74 Å². The average Bonchev–Trinajstić information content (AvgIpc) is 2.44. The molecule has 1 rings (SSSR count). The third kappa shape index (κ3) is 1.12. The zero-order valence-electron chi connectivity index (χ0n) is 3.87. The molecule has 0 radical (unpaired) electrons. The SMILES string of the molecule is OC[C@@H](O)[C@@H]1CO1. The Morgan fingerprint density at radius 1 is 1.86 bits per heavy atom. The maximum absolute atomic E-state index is 8.62. The largest absolute Gasteiger partial charge is 0.394 e. The van der Waals surface area contributed by atoms with Crippen LogP contribution in [0.25, 0.3) is 0 Å². The lowest BCUT2D eigenvalue weighted by Gasteiger charge is -1.97. The molecular formula is C4H8O3. The summed E-state index contributed by atoms with van der Waals surface area (Å²) in [6.07, 6.45) is -0.731. The van der Waals surface area contributed by atoms with E-state index in [1.165, 1.54) is 0 Å². The molecule has 1 aliphatic heterocycles. The van der Waals surface area contributed by atoms with Gasteiger partial charge in [0, 0.05) is 0 Å². The lowest BCUT2D eigenvalue weighted by Crippen LogP contribution is -2.18. The molecule has 0 saturated carbocycles. The molecule has 2 N–H and O–H groups in total. The number of hydrogen-bond acceptors (Lipinski definition) is 3. The van der Waals surface area contributed by atoms with E-state index in [4.69, 9.17) is 10.2 Å². The number of hydrogen-bond donors (Lipinski definition) is 2. The fourth-order valence-corrected chi connectivity index (χ4v) is 0.395. The molecular weight excluding hydrogens is 96.0 g/mol. The number of rotatable bonds is 2. The van der Waals surface area contributed by atoms with Gasteiger partial charge in [0.15, 0.2) is 0 Å². The molecule has 3 nitrogen and oxygen atoms in total. The highest BCUT2D eigenvalue weighted by molar-refractivity contribution is 4.76. The van der Waals surface area contributed by atoms with Crippen LogP contribution in [0.2, 0.25) is 0 Å². The summed E-state index contributed by atoms with van der Waals surface area (Å²) < 4.78 is 4.65. The van der Waals surface area contributed by atoms with Crippen LogP contribution in [-0.4, -0.2) is 35.6 Å². The first-order valence-corrected chi connectivity index (χ1v) is 2.25. The van der Waals surface area contributed by atoms with Gasteiger partial charge in [0.25, 0.3) is 0 Å². The molecule has 0 aromatic carbocycles. The third-order valence-electron chi connectivity index (χ3n) is 0.975. The molecule has 0 aliphatic carbocycles. The zero-order chi connectivity index (χ0) is 5.28. The second-order valence-corrected chi connectivity index (χ2v) is 1.62. The summed E-state index contributed by atoms with van der Waals surface area (Å²) in [7, 11) is 0. The number of aliphatic hydroxyl groups excluding tert-OH is 2. The van der Waals surface area contributed by atoms with Crippen LogP contribution in [0.3, 0.4) is 0 Å². The van der Waals surface area contributed by atoms with E-state index in [2.05, 4.69) is 4.74 Å². The molecule has 1 saturated heterocycles. The minimum absolute atomic E-state index is 0.0787. The molecule has 7 heavy (non-hydrogen) atoms. The van der Waals surface area contributed by atoms with Gasteiger partial charge in [0.1, 0.15) is 12.2 Å². The van der Waals surface area contributed by atoms with Gasteiger partial charge in [0.2, 0.25) is 0 Å². The Labute approximate surface area is 41.5 Å². The van der Waals surface area contributed by atoms with Gasteiger partial charge in [0.05, 0.1) is 13.2 Å². The highest BCUT2D eigenvalue weighted by Gasteiger charge is 2.30. The standard InChI is InChI=1S/C4H8O3/c5-1-3(6)4-2-7-4/h3-6H,1-2H2/t3-,4+/m1/s1. The Bertz CT molecular complexity index is 60.0. The summed E-state index contributed by atoms with van der Waals surface area (Å²) in [6, 6.07) is 0. The Hall–Kier alpha value is -0.120. The normalized spacial score (nSPS) is 32.6. The number of ether oxygens (including phenoxy) is 1. The van der Waals surface area contributed by atoms with E-state index in [0.29, 0.717) is 6.61 Å². The first-order chi connectivity index (χ1) is 3.34. The molecule has 42 valence electrons. The van der Waals surface area contributed by atoms with E-state index < -0.39 is 6.10 Å². The topological polar surface area (TPSA) is 53.0 Å². The molecule has 1 heterocycles. The van der Waals surface area contributed by atoms with E-state index in [9.17, 15) is 0 Å². The van der Waals surface area contributed by atoms with Crippen LogP contribution in [0, 0.1) is 0 Å². The maximum atomic E-state index is 8.62. The molecule has 0 aromatic heterocycles. The van der Waals surface area contributed by atoms with Crippen molar-refractivity contribution in [1.82, 2.24) is 0 Å². The second-order valence-electron chi connectivity index (χ2n) is 1.62. The summed E-state index contributed by atoms with van der Waals surface area (Å²) in [5, 5.41) is 16.8. The fraction of sp³-hybridized carbons (Fsp3) is 1.00. The van der Waals surface area contributed by atoms with Crippen LogP contribution in [0.5, 0.6) is 0 Å². The summed E-state index contributed by atoms with van der Waals surface area (Å²) in [6.45, 7) is 0.409. The van der Waals surface area contributed by atoms with E-state index in [1.54, 1.807) is 0 Å². The van der Waals surface area contributed by atoms with Crippen molar-refractivity contribution in [3.63, 3.8) is 0 Å². The van der Waals surface area contributed by atoms with Crippen LogP contribution >= 0.6 is 0 Å². The highest BCUT2D eigenvalue weighted by Crippen LogP contribution is 2.12. The van der Waals surface area contributed by atoms with Crippen molar-refractivity contribution in [3.8, 4) is 0 Å². The predicted octanol–water partition coefficient (Wildman–Crippen LogP) is -1.26. The summed E-state index contributed by atoms with van der Waals surface area (Å²) in [4.78, 5) is 0. The molecule has 0 aromatic rings. The minimum Gasteiger partial charge on any atom is -0.394 e. The van der Waals surface area contributed by atoms with E-state index in [1.807, 2.05) is 0 Å². The highest BCUT2D eigenvalue weighted by atomic mass is 16.6. The Morgan fingerprint density at radius 2 is 2.43 bits per heavy atom. The fourth-order valence-electron chi connectivity index (χ4n) is 0.395. The molecule has 2 atom stereocenters. The number of aliphatic hydroxyl groups is 2. The average molecular weight is 104 g/mol. The molecule has 0 amide bonds. The van der Waals surface area contributed by atoms with Gasteiger partial charge in [-0.25, -0.2) is 0 Å². The Morgan fingerprint density at radius 3 is 2.57 bits per heavy atom. The van der Waals surface area contributed by atoms with Gasteiger partial charge in [-0.15, -0.1) is 0 Å². The lowest BCUT2D eigenvalue weighted by atomic mass is 10.3. The molecule has 0 bridgehead atoms. The van der Waals surface area contributed by atoms with Gasteiger partial charge < -0.3 is 14.9 Å². The van der Waals surface area contributed by atoms with Crippen molar-refractivity contribution in [1.29, 1.82) is 0 Å². The quantitative estimate of drug-likeness (QED) is 0.430. The van der Waals surface area contributed by atoms with Gasteiger partial charge >= 0.3 is 0 Å². The second kappa shape index (κ2) is 1.78. The van der Waals surface area contributed by atoms with Crippen LogP contribution < -0.4 is 0 Å². The third-order valence-corrected chi connectivity index (χ3v) is 0.975. The molecule has 3 heteroatoms. The maximum Gasteiger partial charge on any atom is 0.109 e. The molecule has 0 unspecified atom stereocenters. The molecule has 0 spiro atoms. The summed E-state index contributed by atoms with van der Waals surface area (Å²) in [5.74, 6) is 0. The van der Waals surface area contributed by atoms with Crippen LogP contribution in [0.4, 0.5) is 0 Å². The van der Waals surface area contributed by atoms with Crippen LogP contribution in [0.1, 0.15) is 0 Å². The minimum atomic E-state index is -0.653. The van der Waals surface area contributed by atoms with Crippen molar-refractivity contribution in [2.45, 2.75) is 12.2 Å². The van der Waals surface area contributed by atoms with E-state index >= 15 is 0 Å². The zero-order valence-corrected chi connectivity index (χ0v) is 3.87. The molecule has 1 aliphatic rings. The predicted molar refractivity (Wildman–Crippen MR) is 22.8 cm³/mol. The Kier molecular flexibility index (Phi) is 1.27. The van der Waals surface area contributed by atoms with Crippen molar-refractivity contribution in [2.24, 2.45) is 0 Å². The van der Waals surface area contributed by atoms with Crippen molar-refractivity contribution >= 4 is 0 Å². The molecule has 1 fully saturated rings. The van der Waals surface area contributed by atoms with Crippen LogP contribution in [0.15, 0.2) is 0 Å². The summed E-state index contributed by atoms with van der Waals surface area (Å²) in [5.41, 5.74) is 0. The van der Waals surface area contributed by atoms with E-state index in [-0.39, 0.29) is 12.7 Å². The van der Waals surface area contributed by atoms with Gasteiger partial charge in [-0.2, -0.15) is 0 Å². The van der Waals surface area contributed by atoms with Crippen molar-refractivity contribution in [2.75, 3.05) is 13.2 Å². The summed E-state index contributed by atoms with van der Waals surface area (Å²) >= 11 is 0. The van der Waals surface area contributed by atoms with Gasteiger partial charge in [-0.1, -0.05) is 0 Å². The van der Waals surface area contributed by atoms with Crippen molar-refractivity contribution < 1.29 is 14.9 Å². The van der Waals surface area contributed by atoms with Crippen molar-refractivity contribution in [3.05, 3.63) is 0 Å². The monoisotopic (exact) mass is 104 g/mol. The Balaban J connectivity index is 2.10. The number of epoxide rings is 1.